The van der Waals surface area contributed by atoms with Gasteiger partial charge in [0.1, 0.15) is 5.82 Å². The van der Waals surface area contributed by atoms with Crippen LogP contribution in [0.3, 0.4) is 0 Å². The summed E-state index contributed by atoms with van der Waals surface area (Å²) in [6, 6.07) is 5.15. The van der Waals surface area contributed by atoms with Crippen molar-refractivity contribution in [3.8, 4) is 0 Å². The Morgan fingerprint density at radius 1 is 1.50 bits per heavy atom. The van der Waals surface area contributed by atoms with Crippen molar-refractivity contribution in [1.29, 1.82) is 0 Å². The first-order chi connectivity index (χ1) is 9.63. The first-order valence-electron chi connectivity index (χ1n) is 7.14. The van der Waals surface area contributed by atoms with Crippen LogP contribution < -0.4 is 11.3 Å². The molecule has 1 aromatic rings. The normalized spacial score (nSPS) is 23.4. The third kappa shape index (κ3) is 3.92. The Morgan fingerprint density at radius 2 is 2.25 bits per heavy atom. The van der Waals surface area contributed by atoms with Gasteiger partial charge < -0.3 is 4.74 Å². The van der Waals surface area contributed by atoms with E-state index in [1.807, 2.05) is 6.92 Å². The van der Waals surface area contributed by atoms with E-state index in [1.54, 1.807) is 18.2 Å². The predicted molar refractivity (Wildman–Crippen MR) is 79.0 cm³/mol. The fraction of sp³-hybridized carbons (Fsp3) is 0.600. The Bertz CT molecular complexity index is 438. The molecule has 5 heteroatoms. The zero-order valence-corrected chi connectivity index (χ0v) is 12.5. The molecule has 0 spiro atoms. The van der Waals surface area contributed by atoms with Gasteiger partial charge in [-0.05, 0) is 50.2 Å². The van der Waals surface area contributed by atoms with E-state index in [0.29, 0.717) is 24.0 Å². The highest BCUT2D eigenvalue weighted by atomic mass is 35.5. The van der Waals surface area contributed by atoms with E-state index >= 15 is 0 Å². The lowest BCUT2D eigenvalue weighted by Crippen LogP contribution is -2.42. The second-order valence-electron chi connectivity index (χ2n) is 5.43. The SMILES string of the molecule is CCOC1CC(CC(Cc2cccc(Cl)c2F)NN)C1. The molecule has 0 saturated heterocycles. The quantitative estimate of drug-likeness (QED) is 0.601. The molecule has 0 heterocycles. The van der Waals surface area contributed by atoms with E-state index in [2.05, 4.69) is 5.43 Å². The first kappa shape index (κ1) is 15.7. The number of hydrogen-bond acceptors (Lipinski definition) is 3. The molecule has 0 aromatic heterocycles. The molecule has 3 nitrogen and oxygen atoms in total. The van der Waals surface area contributed by atoms with Crippen molar-refractivity contribution >= 4 is 11.6 Å². The third-order valence-corrected chi connectivity index (χ3v) is 4.24. The van der Waals surface area contributed by atoms with Gasteiger partial charge in [0, 0.05) is 12.6 Å². The number of benzene rings is 1. The average Bonchev–Trinajstić information content (AvgIpc) is 2.40. The summed E-state index contributed by atoms with van der Waals surface area (Å²) in [4.78, 5) is 0. The number of nitrogens with two attached hydrogens (primary N) is 1. The van der Waals surface area contributed by atoms with Crippen LogP contribution in [0.25, 0.3) is 0 Å². The van der Waals surface area contributed by atoms with Gasteiger partial charge >= 0.3 is 0 Å². The van der Waals surface area contributed by atoms with E-state index < -0.39 is 0 Å². The van der Waals surface area contributed by atoms with Crippen molar-refractivity contribution in [2.45, 2.75) is 44.8 Å². The number of ether oxygens (including phenoxy) is 1. The van der Waals surface area contributed by atoms with Crippen LogP contribution >= 0.6 is 11.6 Å². The number of rotatable bonds is 7. The van der Waals surface area contributed by atoms with Crippen molar-refractivity contribution in [3.63, 3.8) is 0 Å². The Hall–Kier alpha value is -0.680. The fourth-order valence-corrected chi connectivity index (χ4v) is 3.02. The maximum Gasteiger partial charge on any atom is 0.145 e. The number of nitrogens with one attached hydrogen (secondary N) is 1. The molecule has 1 atom stereocenters. The van der Waals surface area contributed by atoms with Crippen LogP contribution in [0.15, 0.2) is 18.2 Å². The van der Waals surface area contributed by atoms with Crippen LogP contribution in [0, 0.1) is 11.7 Å². The molecule has 0 aliphatic heterocycles. The molecule has 3 N–H and O–H groups in total. The lowest BCUT2D eigenvalue weighted by molar-refractivity contribution is -0.0290. The molecule has 2 rings (SSSR count). The van der Waals surface area contributed by atoms with E-state index in [4.69, 9.17) is 22.2 Å². The summed E-state index contributed by atoms with van der Waals surface area (Å²) in [5.41, 5.74) is 3.40. The van der Waals surface area contributed by atoms with Gasteiger partial charge in [0.2, 0.25) is 0 Å². The predicted octanol–water partition coefficient (Wildman–Crippen LogP) is 3.06. The summed E-state index contributed by atoms with van der Waals surface area (Å²) in [6.45, 7) is 2.78. The summed E-state index contributed by atoms with van der Waals surface area (Å²) in [5, 5.41) is 0.165. The smallest absolute Gasteiger partial charge is 0.145 e. The molecular formula is C15H22ClFN2O. The maximum atomic E-state index is 13.9. The van der Waals surface area contributed by atoms with Gasteiger partial charge in [-0.3, -0.25) is 11.3 Å². The molecule has 1 fully saturated rings. The summed E-state index contributed by atoms with van der Waals surface area (Å²) in [6.07, 6.45) is 4.03. The van der Waals surface area contributed by atoms with Gasteiger partial charge in [-0.2, -0.15) is 0 Å². The Labute approximate surface area is 124 Å². The molecule has 112 valence electrons. The van der Waals surface area contributed by atoms with Crippen molar-refractivity contribution in [1.82, 2.24) is 5.43 Å². The average molecular weight is 301 g/mol. The van der Waals surface area contributed by atoms with Crippen LogP contribution in [0.2, 0.25) is 5.02 Å². The van der Waals surface area contributed by atoms with Crippen molar-refractivity contribution in [2.24, 2.45) is 11.8 Å². The Kier molecular flexibility index (Phi) is 5.78. The molecule has 1 unspecified atom stereocenters. The molecule has 1 aliphatic rings. The zero-order chi connectivity index (χ0) is 14.5. The van der Waals surface area contributed by atoms with Gasteiger partial charge in [-0.1, -0.05) is 23.7 Å². The summed E-state index contributed by atoms with van der Waals surface area (Å²) in [5.74, 6) is 5.86. The summed E-state index contributed by atoms with van der Waals surface area (Å²) < 4.78 is 19.4. The molecule has 1 aromatic carbocycles. The molecular weight excluding hydrogens is 279 g/mol. The highest BCUT2D eigenvalue weighted by Crippen LogP contribution is 2.34. The van der Waals surface area contributed by atoms with Crippen LogP contribution in [0.5, 0.6) is 0 Å². The third-order valence-electron chi connectivity index (χ3n) is 3.95. The maximum absolute atomic E-state index is 13.9. The molecule has 1 aliphatic carbocycles. The lowest BCUT2D eigenvalue weighted by atomic mass is 9.77. The molecule has 0 radical (unpaired) electrons. The monoisotopic (exact) mass is 300 g/mol. The zero-order valence-electron chi connectivity index (χ0n) is 11.7. The minimum atomic E-state index is -0.338. The van der Waals surface area contributed by atoms with Crippen LogP contribution in [0.1, 0.15) is 31.7 Å². The van der Waals surface area contributed by atoms with Gasteiger partial charge in [-0.25, -0.2) is 4.39 Å². The molecule has 0 amide bonds. The standard InChI is InChI=1S/C15H22ClFN2O/c1-2-20-13-7-10(8-13)6-12(19-18)9-11-4-3-5-14(16)15(11)17/h3-5,10,12-13,19H,2,6-9,18H2,1H3. The number of hydrazine groups is 1. The minimum absolute atomic E-state index is 0.0653. The van der Waals surface area contributed by atoms with E-state index in [-0.39, 0.29) is 16.9 Å². The lowest BCUT2D eigenvalue weighted by Gasteiger charge is -2.37. The van der Waals surface area contributed by atoms with E-state index in [1.165, 1.54) is 0 Å². The summed E-state index contributed by atoms with van der Waals surface area (Å²) >= 11 is 5.80. The van der Waals surface area contributed by atoms with Crippen molar-refractivity contribution in [3.05, 3.63) is 34.6 Å². The summed E-state index contributed by atoms with van der Waals surface area (Å²) in [7, 11) is 0. The van der Waals surface area contributed by atoms with Crippen molar-refractivity contribution < 1.29 is 9.13 Å². The van der Waals surface area contributed by atoms with Gasteiger partial charge in [0.25, 0.3) is 0 Å². The second kappa shape index (κ2) is 7.36. The van der Waals surface area contributed by atoms with Crippen LogP contribution in [0.4, 0.5) is 4.39 Å². The Balaban J connectivity index is 1.85. The number of hydrogen-bond donors (Lipinski definition) is 2. The van der Waals surface area contributed by atoms with E-state index in [0.717, 1.165) is 25.9 Å². The minimum Gasteiger partial charge on any atom is -0.378 e. The largest absolute Gasteiger partial charge is 0.378 e. The number of halogens is 2. The topological polar surface area (TPSA) is 47.3 Å². The van der Waals surface area contributed by atoms with Gasteiger partial charge in [-0.15, -0.1) is 0 Å². The second-order valence-corrected chi connectivity index (χ2v) is 5.84. The first-order valence-corrected chi connectivity index (χ1v) is 7.52. The molecule has 1 saturated carbocycles. The van der Waals surface area contributed by atoms with Gasteiger partial charge in [0.15, 0.2) is 0 Å². The van der Waals surface area contributed by atoms with Gasteiger partial charge in [0.05, 0.1) is 11.1 Å². The highest BCUT2D eigenvalue weighted by Gasteiger charge is 2.31. The molecule has 0 bridgehead atoms. The fourth-order valence-electron chi connectivity index (χ4n) is 2.82. The van der Waals surface area contributed by atoms with Crippen LogP contribution in [-0.4, -0.2) is 18.8 Å². The van der Waals surface area contributed by atoms with Crippen LogP contribution in [-0.2, 0) is 11.2 Å². The van der Waals surface area contributed by atoms with E-state index in [9.17, 15) is 4.39 Å². The molecule has 20 heavy (non-hydrogen) atoms. The van der Waals surface area contributed by atoms with Crippen molar-refractivity contribution in [2.75, 3.05) is 6.61 Å². The highest BCUT2D eigenvalue weighted by molar-refractivity contribution is 6.30. The Morgan fingerprint density at radius 3 is 2.90 bits per heavy atom.